The molecule has 2 aliphatic rings. The van der Waals surface area contributed by atoms with Gasteiger partial charge in [0.2, 0.25) is 0 Å². The minimum Gasteiger partial charge on any atom is -0.367 e. The van der Waals surface area contributed by atoms with Gasteiger partial charge in [0.25, 0.3) is 5.91 Å². The third-order valence-corrected chi connectivity index (χ3v) is 6.26. The molecule has 0 saturated carbocycles. The van der Waals surface area contributed by atoms with Gasteiger partial charge in [0.1, 0.15) is 0 Å². The van der Waals surface area contributed by atoms with Crippen LogP contribution in [0.1, 0.15) is 50.5 Å². The number of pyridine rings is 1. The minimum atomic E-state index is -0.544. The summed E-state index contributed by atoms with van der Waals surface area (Å²) in [5.41, 5.74) is 2.17. The monoisotopic (exact) mass is 456 g/mol. The van der Waals surface area contributed by atoms with Gasteiger partial charge in [0.05, 0.1) is 47.8 Å². The fourth-order valence-electron chi connectivity index (χ4n) is 4.15. The Morgan fingerprint density at radius 1 is 1.06 bits per heavy atom. The van der Waals surface area contributed by atoms with Crippen LogP contribution in [0.3, 0.4) is 0 Å². The molecule has 0 spiro atoms. The van der Waals surface area contributed by atoms with E-state index in [4.69, 9.17) is 16.4 Å². The molecule has 3 heterocycles. The number of piperazine rings is 1. The van der Waals surface area contributed by atoms with E-state index in [0.717, 1.165) is 16.9 Å². The maximum absolute atomic E-state index is 13.2. The summed E-state index contributed by atoms with van der Waals surface area (Å²) in [4.78, 5) is 39.3. The molecule has 4 rings (SSSR count). The Morgan fingerprint density at radius 2 is 1.72 bits per heavy atom. The van der Waals surface area contributed by atoms with Crippen molar-refractivity contribution in [1.82, 2.24) is 10.0 Å². The van der Waals surface area contributed by atoms with E-state index in [0.29, 0.717) is 36.8 Å². The second-order valence-corrected chi connectivity index (χ2v) is 10.3. The van der Waals surface area contributed by atoms with E-state index in [1.807, 2.05) is 46.8 Å². The molecule has 1 aromatic carbocycles. The number of benzene rings is 1. The van der Waals surface area contributed by atoms with Crippen LogP contribution in [0, 0.1) is 5.41 Å². The smallest absolute Gasteiger partial charge is 0.330 e. The van der Waals surface area contributed by atoms with Crippen LogP contribution in [0.5, 0.6) is 0 Å². The summed E-state index contributed by atoms with van der Waals surface area (Å²) >= 11 is 6.20. The first-order valence-electron chi connectivity index (χ1n) is 10.8. The first kappa shape index (κ1) is 22.6. The number of hydrogen-bond donors (Lipinski definition) is 0. The molecule has 2 aliphatic heterocycles. The van der Waals surface area contributed by atoms with Gasteiger partial charge in [-0.25, -0.2) is 4.79 Å². The maximum Gasteiger partial charge on any atom is 0.330 e. The van der Waals surface area contributed by atoms with E-state index < -0.39 is 11.0 Å². The van der Waals surface area contributed by atoms with Crippen LogP contribution in [-0.2, 0) is 15.2 Å². The topological polar surface area (TPSA) is 66.0 Å². The molecular formula is C24H29ClN4O3. The van der Waals surface area contributed by atoms with Crippen LogP contribution in [0.2, 0.25) is 5.02 Å². The summed E-state index contributed by atoms with van der Waals surface area (Å²) in [6.07, 6.45) is 3.52. The van der Waals surface area contributed by atoms with Crippen molar-refractivity contribution in [2.45, 2.75) is 40.2 Å². The van der Waals surface area contributed by atoms with Crippen LogP contribution in [0.4, 0.5) is 11.4 Å². The van der Waals surface area contributed by atoms with Crippen LogP contribution in [0.15, 0.2) is 36.7 Å². The number of amides is 1. The number of carbonyl (C=O) groups excluding carboxylic acids is 2. The Morgan fingerprint density at radius 3 is 2.38 bits per heavy atom. The highest BCUT2D eigenvalue weighted by molar-refractivity contribution is 6.31. The van der Waals surface area contributed by atoms with Gasteiger partial charge in [0.15, 0.2) is 0 Å². The number of nitrogens with zero attached hydrogens (tertiary/aromatic N) is 4. The zero-order valence-electron chi connectivity index (χ0n) is 19.2. The fourth-order valence-corrected chi connectivity index (χ4v) is 4.32. The molecule has 2 aromatic rings. The Balaban J connectivity index is 1.51. The molecule has 32 heavy (non-hydrogen) atoms. The number of halogens is 1. The summed E-state index contributed by atoms with van der Waals surface area (Å²) in [6.45, 7) is 12.1. The molecule has 8 heteroatoms. The van der Waals surface area contributed by atoms with Crippen LogP contribution >= 0.6 is 11.6 Å². The van der Waals surface area contributed by atoms with Crippen molar-refractivity contribution < 1.29 is 14.4 Å². The zero-order valence-corrected chi connectivity index (χ0v) is 19.9. The number of hydroxylamine groups is 2. The number of rotatable bonds is 3. The molecule has 0 N–H and O–H groups in total. The Bertz CT molecular complexity index is 1060. The van der Waals surface area contributed by atoms with Crippen LogP contribution in [-0.4, -0.2) is 48.1 Å². The molecule has 0 unspecified atom stereocenters. The van der Waals surface area contributed by atoms with Gasteiger partial charge < -0.3 is 9.74 Å². The lowest BCUT2D eigenvalue weighted by atomic mass is 9.93. The summed E-state index contributed by atoms with van der Waals surface area (Å²) in [6, 6.07) is 7.40. The van der Waals surface area contributed by atoms with Crippen molar-refractivity contribution >= 4 is 34.9 Å². The summed E-state index contributed by atoms with van der Waals surface area (Å²) in [5, 5.41) is 2.33. The summed E-state index contributed by atoms with van der Waals surface area (Å²) in [5.74, 6) is -0.288. The van der Waals surface area contributed by atoms with Gasteiger partial charge in [-0.05, 0) is 64.4 Å². The summed E-state index contributed by atoms with van der Waals surface area (Å²) in [7, 11) is 0. The van der Waals surface area contributed by atoms with Crippen molar-refractivity contribution in [3.8, 4) is 0 Å². The van der Waals surface area contributed by atoms with E-state index in [-0.39, 0.29) is 11.9 Å². The normalized spacial score (nSPS) is 18.6. The largest absolute Gasteiger partial charge is 0.367 e. The number of aromatic nitrogens is 1. The molecule has 7 nitrogen and oxygen atoms in total. The summed E-state index contributed by atoms with van der Waals surface area (Å²) < 4.78 is 0. The highest BCUT2D eigenvalue weighted by Crippen LogP contribution is 2.43. The molecule has 170 valence electrons. The number of fused-ring (bicyclic) bond motifs is 1. The molecule has 0 bridgehead atoms. The van der Waals surface area contributed by atoms with E-state index in [9.17, 15) is 9.59 Å². The zero-order chi connectivity index (χ0) is 23.3. The Labute approximate surface area is 193 Å². The van der Waals surface area contributed by atoms with Crippen LogP contribution in [0.25, 0.3) is 0 Å². The molecule has 0 atom stereocenters. The molecule has 0 radical (unpaired) electrons. The lowest BCUT2D eigenvalue weighted by Crippen LogP contribution is -2.48. The molecule has 1 amide bonds. The second-order valence-electron chi connectivity index (χ2n) is 9.84. The highest BCUT2D eigenvalue weighted by Gasteiger charge is 2.44. The number of anilines is 2. The minimum absolute atomic E-state index is 0.0560. The Hall–Kier alpha value is -2.64. The van der Waals surface area contributed by atoms with Gasteiger partial charge in [-0.2, -0.15) is 0 Å². The van der Waals surface area contributed by atoms with Crippen molar-refractivity contribution in [2.75, 3.05) is 36.0 Å². The van der Waals surface area contributed by atoms with Gasteiger partial charge in [-0.15, -0.1) is 5.06 Å². The van der Waals surface area contributed by atoms with Gasteiger partial charge >= 0.3 is 5.97 Å². The van der Waals surface area contributed by atoms with E-state index in [1.165, 1.54) is 0 Å². The predicted octanol–water partition coefficient (Wildman–Crippen LogP) is 4.26. The van der Waals surface area contributed by atoms with E-state index >= 15 is 0 Å². The maximum atomic E-state index is 13.2. The molecule has 1 aromatic heterocycles. The SMILES string of the molecule is CC(C)(C)C(=O)ON1CCN(c2cncc(N3C(=O)c4ccc(Cl)cc4C3(C)C)c2)CC1. The average Bonchev–Trinajstić information content (AvgIpc) is 2.93. The molecule has 0 aliphatic carbocycles. The standard InChI is InChI=1S/C24H29ClN4O3/c1-23(2,3)22(31)32-28-10-8-27(9-11-28)17-13-18(15-26-14-17)29-21(30)19-7-6-16(25)12-20(19)24(29,4)5/h6-7,12-15H,8-11H2,1-5H3. The quantitative estimate of drug-likeness (QED) is 0.687. The number of hydrogen-bond acceptors (Lipinski definition) is 6. The van der Waals surface area contributed by atoms with Crippen molar-refractivity contribution in [2.24, 2.45) is 5.41 Å². The first-order valence-corrected chi connectivity index (χ1v) is 11.2. The third kappa shape index (κ3) is 4.07. The highest BCUT2D eigenvalue weighted by atomic mass is 35.5. The van der Waals surface area contributed by atoms with Crippen molar-refractivity contribution in [1.29, 1.82) is 0 Å². The van der Waals surface area contributed by atoms with Gasteiger partial charge in [-0.1, -0.05) is 11.6 Å². The van der Waals surface area contributed by atoms with Gasteiger partial charge in [-0.3, -0.25) is 14.7 Å². The van der Waals surface area contributed by atoms with E-state index in [1.54, 1.807) is 34.5 Å². The molecule has 1 fully saturated rings. The average molecular weight is 457 g/mol. The predicted molar refractivity (Wildman–Crippen MR) is 125 cm³/mol. The molecule has 1 saturated heterocycles. The van der Waals surface area contributed by atoms with Gasteiger partial charge in [0, 0.05) is 23.7 Å². The lowest BCUT2D eigenvalue weighted by Gasteiger charge is -2.36. The third-order valence-electron chi connectivity index (χ3n) is 6.03. The van der Waals surface area contributed by atoms with Crippen LogP contribution < -0.4 is 9.80 Å². The Kier molecular flexibility index (Phi) is 5.67. The molecular weight excluding hydrogens is 428 g/mol. The first-order chi connectivity index (χ1) is 15.0. The van der Waals surface area contributed by atoms with E-state index in [2.05, 4.69) is 9.88 Å². The van der Waals surface area contributed by atoms with Crippen molar-refractivity contribution in [3.05, 3.63) is 52.8 Å². The lowest BCUT2D eigenvalue weighted by molar-refractivity contribution is -0.201. The fraction of sp³-hybridized carbons (Fsp3) is 0.458. The van der Waals surface area contributed by atoms with Crippen molar-refractivity contribution in [3.63, 3.8) is 0 Å². The second kappa shape index (κ2) is 8.05. The number of carbonyl (C=O) groups is 2.